The first-order valence-electron chi connectivity index (χ1n) is 6.35. The van der Waals surface area contributed by atoms with E-state index >= 15 is 0 Å². The zero-order valence-corrected chi connectivity index (χ0v) is 10.8. The summed E-state index contributed by atoms with van der Waals surface area (Å²) in [6, 6.07) is 4.39. The van der Waals surface area contributed by atoms with Crippen molar-refractivity contribution in [2.45, 2.75) is 26.3 Å². The number of nitrogens with one attached hydrogen (secondary N) is 2. The van der Waals surface area contributed by atoms with Gasteiger partial charge in [0.25, 0.3) is 5.91 Å². The van der Waals surface area contributed by atoms with Crippen LogP contribution in [0.3, 0.4) is 0 Å². The maximum atomic E-state index is 13.0. The molecule has 3 nitrogen and oxygen atoms in total. The Morgan fingerprint density at radius 3 is 2.94 bits per heavy atom. The minimum Gasteiger partial charge on any atom is -0.349 e. The molecule has 0 spiro atoms. The summed E-state index contributed by atoms with van der Waals surface area (Å²) >= 11 is 0. The van der Waals surface area contributed by atoms with Gasteiger partial charge >= 0.3 is 0 Å². The van der Waals surface area contributed by atoms with E-state index < -0.39 is 0 Å². The second-order valence-corrected chi connectivity index (χ2v) is 4.97. The highest BCUT2D eigenvalue weighted by atomic mass is 19.1. The van der Waals surface area contributed by atoms with E-state index in [-0.39, 0.29) is 17.8 Å². The molecule has 2 N–H and O–H groups in total. The summed E-state index contributed by atoms with van der Waals surface area (Å²) in [5.41, 5.74) is 1.22. The van der Waals surface area contributed by atoms with Crippen LogP contribution in [-0.2, 0) is 0 Å². The van der Waals surface area contributed by atoms with Crippen LogP contribution in [0.4, 0.5) is 4.39 Å². The predicted octanol–water partition coefficient (Wildman–Crippen LogP) is 1.86. The van der Waals surface area contributed by atoms with Crippen molar-refractivity contribution in [3.8, 4) is 0 Å². The van der Waals surface area contributed by atoms with Gasteiger partial charge in [0, 0.05) is 11.6 Å². The molecule has 0 radical (unpaired) electrons. The van der Waals surface area contributed by atoms with Gasteiger partial charge in [0.2, 0.25) is 0 Å². The Morgan fingerprint density at radius 2 is 2.33 bits per heavy atom. The Balaban J connectivity index is 2.02. The molecule has 1 heterocycles. The molecule has 2 atom stereocenters. The lowest BCUT2D eigenvalue weighted by atomic mass is 9.99. The molecule has 1 saturated heterocycles. The zero-order valence-electron chi connectivity index (χ0n) is 10.8. The maximum Gasteiger partial charge on any atom is 0.251 e. The molecule has 1 aromatic carbocycles. The van der Waals surface area contributed by atoms with E-state index in [2.05, 4.69) is 10.6 Å². The lowest BCUT2D eigenvalue weighted by Gasteiger charge is -2.20. The minimum absolute atomic E-state index is 0.119. The molecule has 18 heavy (non-hydrogen) atoms. The average molecular weight is 250 g/mol. The fourth-order valence-corrected chi connectivity index (χ4v) is 2.39. The van der Waals surface area contributed by atoms with Gasteiger partial charge in [-0.25, -0.2) is 4.39 Å². The molecular weight excluding hydrogens is 231 g/mol. The van der Waals surface area contributed by atoms with E-state index in [1.807, 2.05) is 6.92 Å². The highest BCUT2D eigenvalue weighted by Gasteiger charge is 2.23. The third-order valence-electron chi connectivity index (χ3n) is 3.60. The zero-order chi connectivity index (χ0) is 13.1. The van der Waals surface area contributed by atoms with Crippen LogP contribution in [0.5, 0.6) is 0 Å². The molecule has 0 aromatic heterocycles. The first kappa shape index (κ1) is 13.0. The van der Waals surface area contributed by atoms with Gasteiger partial charge in [-0.2, -0.15) is 0 Å². The van der Waals surface area contributed by atoms with Gasteiger partial charge in [-0.05, 0) is 63.0 Å². The van der Waals surface area contributed by atoms with Crippen molar-refractivity contribution in [2.24, 2.45) is 5.92 Å². The van der Waals surface area contributed by atoms with Crippen LogP contribution in [0.15, 0.2) is 18.2 Å². The van der Waals surface area contributed by atoms with Crippen LogP contribution in [0, 0.1) is 18.7 Å². The van der Waals surface area contributed by atoms with Crippen LogP contribution >= 0.6 is 0 Å². The number of carbonyl (C=O) groups is 1. The van der Waals surface area contributed by atoms with Gasteiger partial charge in [-0.15, -0.1) is 0 Å². The Kier molecular flexibility index (Phi) is 3.97. The van der Waals surface area contributed by atoms with E-state index in [4.69, 9.17) is 0 Å². The number of carbonyl (C=O) groups excluding carboxylic acids is 1. The van der Waals surface area contributed by atoms with Crippen molar-refractivity contribution >= 4 is 5.91 Å². The number of hydrogen-bond donors (Lipinski definition) is 2. The van der Waals surface area contributed by atoms with Gasteiger partial charge in [0.05, 0.1) is 0 Å². The highest BCUT2D eigenvalue weighted by Crippen LogP contribution is 2.14. The summed E-state index contributed by atoms with van der Waals surface area (Å²) in [5, 5.41) is 6.28. The van der Waals surface area contributed by atoms with Gasteiger partial charge in [-0.3, -0.25) is 4.79 Å². The van der Waals surface area contributed by atoms with Crippen molar-refractivity contribution in [2.75, 3.05) is 13.1 Å². The lowest BCUT2D eigenvalue weighted by molar-refractivity contribution is 0.0928. The number of aryl methyl sites for hydroxylation is 1. The van der Waals surface area contributed by atoms with E-state index in [9.17, 15) is 9.18 Å². The summed E-state index contributed by atoms with van der Waals surface area (Å²) in [6.45, 7) is 5.73. The number of halogens is 1. The molecule has 98 valence electrons. The van der Waals surface area contributed by atoms with Crippen molar-refractivity contribution in [3.63, 3.8) is 0 Å². The molecule has 1 fully saturated rings. The SMILES string of the molecule is Cc1cc(F)ccc1C(=O)NC(C)C1CCNC1. The van der Waals surface area contributed by atoms with Crippen LogP contribution < -0.4 is 10.6 Å². The molecule has 1 amide bonds. The van der Waals surface area contributed by atoms with Crippen molar-refractivity contribution in [3.05, 3.63) is 35.1 Å². The Bertz CT molecular complexity index is 441. The van der Waals surface area contributed by atoms with Crippen molar-refractivity contribution in [1.29, 1.82) is 0 Å². The number of hydrogen-bond acceptors (Lipinski definition) is 2. The lowest BCUT2D eigenvalue weighted by Crippen LogP contribution is -2.39. The molecule has 1 aromatic rings. The molecule has 0 saturated carbocycles. The summed E-state index contributed by atoms with van der Waals surface area (Å²) < 4.78 is 13.0. The van der Waals surface area contributed by atoms with Crippen LogP contribution in [-0.4, -0.2) is 25.0 Å². The van der Waals surface area contributed by atoms with Gasteiger partial charge in [0.15, 0.2) is 0 Å². The maximum absolute atomic E-state index is 13.0. The fraction of sp³-hybridized carbons (Fsp3) is 0.500. The number of rotatable bonds is 3. The molecule has 1 aliphatic heterocycles. The molecule has 4 heteroatoms. The molecule has 1 aliphatic rings. The molecular formula is C14H19FN2O. The van der Waals surface area contributed by atoms with Gasteiger partial charge in [-0.1, -0.05) is 0 Å². The first-order chi connectivity index (χ1) is 8.58. The Hall–Kier alpha value is -1.42. The summed E-state index contributed by atoms with van der Waals surface area (Å²) in [5.74, 6) is 0.0543. The average Bonchev–Trinajstić information content (AvgIpc) is 2.81. The third kappa shape index (κ3) is 2.88. The minimum atomic E-state index is -0.308. The van der Waals surface area contributed by atoms with Gasteiger partial charge in [0.1, 0.15) is 5.82 Å². The quantitative estimate of drug-likeness (QED) is 0.859. The molecule has 2 unspecified atom stereocenters. The van der Waals surface area contributed by atoms with E-state index in [0.717, 1.165) is 19.5 Å². The Labute approximate surface area is 107 Å². The van der Waals surface area contributed by atoms with E-state index in [1.165, 1.54) is 12.1 Å². The summed E-state index contributed by atoms with van der Waals surface area (Å²) in [4.78, 5) is 12.1. The number of amides is 1. The second kappa shape index (κ2) is 5.48. The topological polar surface area (TPSA) is 41.1 Å². The van der Waals surface area contributed by atoms with Crippen molar-refractivity contribution in [1.82, 2.24) is 10.6 Å². The normalized spacial score (nSPS) is 20.7. The van der Waals surface area contributed by atoms with Gasteiger partial charge < -0.3 is 10.6 Å². The first-order valence-corrected chi connectivity index (χ1v) is 6.35. The largest absolute Gasteiger partial charge is 0.349 e. The number of benzene rings is 1. The van der Waals surface area contributed by atoms with Crippen LogP contribution in [0.2, 0.25) is 0 Å². The van der Waals surface area contributed by atoms with Crippen LogP contribution in [0.25, 0.3) is 0 Å². The standard InChI is InChI=1S/C14H19FN2O/c1-9-7-12(15)3-4-13(9)14(18)17-10(2)11-5-6-16-8-11/h3-4,7,10-11,16H,5-6,8H2,1-2H3,(H,17,18). The molecule has 0 aliphatic carbocycles. The van der Waals surface area contributed by atoms with Crippen LogP contribution in [0.1, 0.15) is 29.3 Å². The third-order valence-corrected chi connectivity index (χ3v) is 3.60. The highest BCUT2D eigenvalue weighted by molar-refractivity contribution is 5.95. The summed E-state index contributed by atoms with van der Waals surface area (Å²) in [7, 11) is 0. The summed E-state index contributed by atoms with van der Waals surface area (Å²) in [6.07, 6.45) is 1.09. The van der Waals surface area contributed by atoms with E-state index in [1.54, 1.807) is 13.0 Å². The molecule has 0 bridgehead atoms. The molecule has 2 rings (SSSR count). The Morgan fingerprint density at radius 1 is 1.56 bits per heavy atom. The fourth-order valence-electron chi connectivity index (χ4n) is 2.39. The van der Waals surface area contributed by atoms with E-state index in [0.29, 0.717) is 17.0 Å². The monoisotopic (exact) mass is 250 g/mol. The van der Waals surface area contributed by atoms with Crippen molar-refractivity contribution < 1.29 is 9.18 Å². The predicted molar refractivity (Wildman–Crippen MR) is 69.0 cm³/mol. The smallest absolute Gasteiger partial charge is 0.251 e. The second-order valence-electron chi connectivity index (χ2n) is 4.97.